The summed E-state index contributed by atoms with van der Waals surface area (Å²) in [5.41, 5.74) is 0.199. The van der Waals surface area contributed by atoms with Gasteiger partial charge in [-0.3, -0.25) is 4.79 Å². The zero-order chi connectivity index (χ0) is 17.0. The van der Waals surface area contributed by atoms with Crippen molar-refractivity contribution in [2.45, 2.75) is 6.42 Å². The number of hydrogen-bond acceptors (Lipinski definition) is 4. The molecule has 7 heteroatoms. The minimum atomic E-state index is -1.17. The van der Waals surface area contributed by atoms with Crippen molar-refractivity contribution in [3.8, 4) is 23.3 Å². The van der Waals surface area contributed by atoms with E-state index in [9.17, 15) is 9.18 Å². The van der Waals surface area contributed by atoms with E-state index in [0.29, 0.717) is 0 Å². The summed E-state index contributed by atoms with van der Waals surface area (Å²) in [4.78, 5) is 10.8. The molecule has 2 aromatic carbocycles. The fraction of sp³-hybridized carbons (Fsp3) is 0.125. The maximum Gasteiger partial charge on any atom is 0.307 e. The average Bonchev–Trinajstić information content (AvgIpc) is 2.50. The lowest BCUT2D eigenvalue weighted by atomic mass is 10.1. The van der Waals surface area contributed by atoms with Crippen LogP contribution in [0.3, 0.4) is 0 Å². The fourth-order valence-electron chi connectivity index (χ4n) is 1.94. The topological polar surface area (TPSA) is 79.6 Å². The number of aliphatic carboxylic acids is 1. The summed E-state index contributed by atoms with van der Waals surface area (Å²) in [5.74, 6) is -2.05. The molecule has 1 N–H and O–H groups in total. The smallest absolute Gasteiger partial charge is 0.307 e. The molecule has 5 nitrogen and oxygen atoms in total. The lowest BCUT2D eigenvalue weighted by Gasteiger charge is -2.13. The van der Waals surface area contributed by atoms with Crippen LogP contribution in [0, 0.1) is 17.1 Å². The van der Waals surface area contributed by atoms with Crippen molar-refractivity contribution in [1.82, 2.24) is 0 Å². The largest absolute Gasteiger partial charge is 0.493 e. The number of nitriles is 1. The summed E-state index contributed by atoms with van der Waals surface area (Å²) >= 11 is 5.87. The number of rotatable bonds is 5. The van der Waals surface area contributed by atoms with Gasteiger partial charge in [0.2, 0.25) is 5.75 Å². The molecule has 0 saturated heterocycles. The Kier molecular flexibility index (Phi) is 5.04. The monoisotopic (exact) mass is 335 g/mol. The van der Waals surface area contributed by atoms with E-state index in [2.05, 4.69) is 0 Å². The maximum absolute atomic E-state index is 14.5. The molecule has 0 atom stereocenters. The molecule has 118 valence electrons. The van der Waals surface area contributed by atoms with Crippen LogP contribution in [0.25, 0.3) is 0 Å². The molecule has 23 heavy (non-hydrogen) atoms. The second-order valence-corrected chi connectivity index (χ2v) is 4.97. The van der Waals surface area contributed by atoms with Gasteiger partial charge in [0, 0.05) is 10.6 Å². The molecule has 0 bridgehead atoms. The minimum Gasteiger partial charge on any atom is -0.493 e. The van der Waals surface area contributed by atoms with Crippen LogP contribution in [-0.4, -0.2) is 18.2 Å². The van der Waals surface area contributed by atoms with Crippen LogP contribution in [0.15, 0.2) is 30.3 Å². The van der Waals surface area contributed by atoms with Gasteiger partial charge in [-0.05, 0) is 24.3 Å². The lowest BCUT2D eigenvalue weighted by molar-refractivity contribution is -0.136. The molecule has 0 aromatic heterocycles. The van der Waals surface area contributed by atoms with Gasteiger partial charge in [0.05, 0.1) is 25.2 Å². The van der Waals surface area contributed by atoms with Crippen LogP contribution in [0.2, 0.25) is 5.02 Å². The number of carboxylic acids is 1. The Morgan fingerprint density at radius 3 is 2.74 bits per heavy atom. The van der Waals surface area contributed by atoms with Gasteiger partial charge in [0.15, 0.2) is 11.6 Å². The number of carbonyl (C=O) groups is 1. The van der Waals surface area contributed by atoms with Crippen LogP contribution in [-0.2, 0) is 11.2 Å². The number of benzene rings is 2. The number of carboxylic acid groups (broad SMARTS) is 1. The molecular weight excluding hydrogens is 325 g/mol. The van der Waals surface area contributed by atoms with Crippen LogP contribution in [0.4, 0.5) is 4.39 Å². The van der Waals surface area contributed by atoms with Gasteiger partial charge < -0.3 is 14.6 Å². The third kappa shape index (κ3) is 3.90. The molecule has 0 spiro atoms. The third-order valence-corrected chi connectivity index (χ3v) is 3.14. The van der Waals surface area contributed by atoms with E-state index >= 15 is 0 Å². The van der Waals surface area contributed by atoms with Gasteiger partial charge in [-0.1, -0.05) is 17.7 Å². The van der Waals surface area contributed by atoms with Crippen molar-refractivity contribution in [2.24, 2.45) is 0 Å². The van der Waals surface area contributed by atoms with Crippen LogP contribution >= 0.6 is 11.6 Å². The van der Waals surface area contributed by atoms with E-state index in [0.717, 1.165) is 0 Å². The first-order valence-electron chi connectivity index (χ1n) is 6.40. The van der Waals surface area contributed by atoms with Crippen molar-refractivity contribution in [3.63, 3.8) is 0 Å². The molecule has 0 aliphatic rings. The second kappa shape index (κ2) is 6.99. The highest BCUT2D eigenvalue weighted by molar-refractivity contribution is 6.30. The van der Waals surface area contributed by atoms with Crippen molar-refractivity contribution in [1.29, 1.82) is 5.26 Å². The zero-order valence-corrected chi connectivity index (χ0v) is 12.7. The van der Waals surface area contributed by atoms with Crippen LogP contribution in [0.1, 0.15) is 11.1 Å². The normalized spacial score (nSPS) is 10.0. The summed E-state index contributed by atoms with van der Waals surface area (Å²) < 4.78 is 25.0. The van der Waals surface area contributed by atoms with Gasteiger partial charge in [-0.25, -0.2) is 4.39 Å². The zero-order valence-electron chi connectivity index (χ0n) is 12.0. The minimum absolute atomic E-state index is 0.0455. The molecule has 0 saturated carbocycles. The highest BCUT2D eigenvalue weighted by Crippen LogP contribution is 2.37. The van der Waals surface area contributed by atoms with Gasteiger partial charge in [-0.15, -0.1) is 0 Å². The van der Waals surface area contributed by atoms with Gasteiger partial charge in [-0.2, -0.15) is 5.26 Å². The number of halogens is 2. The summed E-state index contributed by atoms with van der Waals surface area (Å²) in [5, 5.41) is 18.0. The Morgan fingerprint density at radius 1 is 1.39 bits per heavy atom. The van der Waals surface area contributed by atoms with E-state index in [-0.39, 0.29) is 33.4 Å². The van der Waals surface area contributed by atoms with Crippen molar-refractivity contribution < 1.29 is 23.8 Å². The Balaban J connectivity index is 2.47. The molecule has 0 aliphatic heterocycles. The average molecular weight is 336 g/mol. The highest BCUT2D eigenvalue weighted by Gasteiger charge is 2.18. The maximum atomic E-state index is 14.5. The SMILES string of the molecule is COc1ccc(CC(=O)O)c(F)c1Oc1cc(Cl)cc(C#N)c1. The summed E-state index contributed by atoms with van der Waals surface area (Å²) in [6.07, 6.45) is -0.495. The molecule has 0 radical (unpaired) electrons. The molecule has 2 aromatic rings. The van der Waals surface area contributed by atoms with Gasteiger partial charge in [0.1, 0.15) is 5.75 Å². The Labute approximate surface area is 136 Å². The van der Waals surface area contributed by atoms with E-state index in [4.69, 9.17) is 31.4 Å². The Hall–Kier alpha value is -2.78. The molecule has 0 unspecified atom stereocenters. The van der Waals surface area contributed by atoms with Crippen molar-refractivity contribution in [3.05, 3.63) is 52.3 Å². The highest BCUT2D eigenvalue weighted by atomic mass is 35.5. The first kappa shape index (κ1) is 16.6. The lowest BCUT2D eigenvalue weighted by Crippen LogP contribution is -2.04. The quantitative estimate of drug-likeness (QED) is 0.899. The van der Waals surface area contributed by atoms with Crippen LogP contribution in [0.5, 0.6) is 17.2 Å². The van der Waals surface area contributed by atoms with Gasteiger partial charge in [0.25, 0.3) is 0 Å². The fourth-order valence-corrected chi connectivity index (χ4v) is 2.16. The van der Waals surface area contributed by atoms with Crippen molar-refractivity contribution >= 4 is 17.6 Å². The molecule has 0 amide bonds. The number of ether oxygens (including phenoxy) is 2. The molecule has 2 rings (SSSR count). The van der Waals surface area contributed by atoms with E-state index in [1.54, 1.807) is 0 Å². The van der Waals surface area contributed by atoms with E-state index in [1.165, 1.54) is 37.4 Å². The number of nitrogens with zero attached hydrogens (tertiary/aromatic N) is 1. The summed E-state index contributed by atoms with van der Waals surface area (Å²) in [6, 6.07) is 8.85. The second-order valence-electron chi connectivity index (χ2n) is 4.53. The molecule has 0 heterocycles. The van der Waals surface area contributed by atoms with Crippen molar-refractivity contribution in [2.75, 3.05) is 7.11 Å². The number of hydrogen-bond donors (Lipinski definition) is 1. The predicted molar refractivity (Wildman–Crippen MR) is 80.5 cm³/mol. The summed E-state index contributed by atoms with van der Waals surface area (Å²) in [7, 11) is 1.33. The third-order valence-electron chi connectivity index (χ3n) is 2.92. The molecular formula is C16H11ClFNO4. The van der Waals surface area contributed by atoms with E-state index in [1.807, 2.05) is 6.07 Å². The first-order valence-corrected chi connectivity index (χ1v) is 6.78. The van der Waals surface area contributed by atoms with E-state index < -0.39 is 18.2 Å². The Bertz CT molecular complexity index is 801. The van der Waals surface area contributed by atoms with Gasteiger partial charge >= 0.3 is 5.97 Å². The van der Waals surface area contributed by atoms with Crippen LogP contribution < -0.4 is 9.47 Å². The molecule has 0 fully saturated rings. The molecule has 0 aliphatic carbocycles. The summed E-state index contributed by atoms with van der Waals surface area (Å²) in [6.45, 7) is 0. The first-order chi connectivity index (χ1) is 10.9. The Morgan fingerprint density at radius 2 is 2.13 bits per heavy atom. The predicted octanol–water partition coefficient (Wildman–Crippen LogP) is 3.78. The standard InChI is InChI=1S/C16H11ClFNO4/c1-22-13-3-2-10(6-14(20)21)15(18)16(13)23-12-5-9(8-19)4-11(17)7-12/h2-5,7H,6H2,1H3,(H,20,21). The number of methoxy groups -OCH3 is 1.